The zero-order valence-electron chi connectivity index (χ0n) is 19.5. The molecule has 2 aromatic carbocycles. The fourth-order valence-corrected chi connectivity index (χ4v) is 5.22. The van der Waals surface area contributed by atoms with Crippen molar-refractivity contribution >= 4 is 56.1 Å². The monoisotopic (exact) mass is 558 g/mol. The van der Waals surface area contributed by atoms with Crippen LogP contribution in [0.25, 0.3) is 10.9 Å². The van der Waals surface area contributed by atoms with Crippen LogP contribution < -0.4 is 15.5 Å². The van der Waals surface area contributed by atoms with Gasteiger partial charge in [-0.1, -0.05) is 45.7 Å². The molecule has 1 aromatic heterocycles. The molecule has 1 saturated heterocycles. The van der Waals surface area contributed by atoms with Crippen molar-refractivity contribution in [3.63, 3.8) is 0 Å². The number of benzene rings is 2. The zero-order valence-corrected chi connectivity index (χ0v) is 21.8. The molecule has 7 nitrogen and oxygen atoms in total. The second-order valence-corrected chi connectivity index (χ2v) is 10.0. The number of rotatable bonds is 8. The van der Waals surface area contributed by atoms with Crippen LogP contribution in [0.3, 0.4) is 0 Å². The second kappa shape index (κ2) is 11.4. The van der Waals surface area contributed by atoms with E-state index in [9.17, 15) is 14.7 Å². The summed E-state index contributed by atoms with van der Waals surface area (Å²) in [4.78, 5) is 32.0. The van der Waals surface area contributed by atoms with Crippen LogP contribution in [0, 0.1) is 6.92 Å². The average Bonchev–Trinajstić information content (AvgIpc) is 2.84. The van der Waals surface area contributed by atoms with E-state index in [-0.39, 0.29) is 24.8 Å². The Hall–Kier alpha value is -2.68. The summed E-state index contributed by atoms with van der Waals surface area (Å²) in [6.45, 7) is 5.58. The lowest BCUT2D eigenvalue weighted by Gasteiger charge is -2.30. The highest BCUT2D eigenvalue weighted by atomic mass is 79.9. The molecule has 184 valence electrons. The quantitative estimate of drug-likeness (QED) is 0.369. The zero-order chi connectivity index (χ0) is 24.9. The van der Waals surface area contributed by atoms with Crippen molar-refractivity contribution in [3.8, 4) is 0 Å². The van der Waals surface area contributed by atoms with Crippen LogP contribution in [0.2, 0.25) is 5.02 Å². The summed E-state index contributed by atoms with van der Waals surface area (Å²) >= 11 is 9.93. The van der Waals surface area contributed by atoms with E-state index < -0.39 is 5.97 Å². The number of amides is 1. The first-order valence-corrected chi connectivity index (χ1v) is 12.8. The van der Waals surface area contributed by atoms with Crippen molar-refractivity contribution in [3.05, 3.63) is 68.7 Å². The summed E-state index contributed by atoms with van der Waals surface area (Å²) in [7, 11) is 0. The molecule has 1 amide bonds. The average molecular weight is 560 g/mol. The molecule has 35 heavy (non-hydrogen) atoms. The molecule has 3 N–H and O–H groups in total. The maximum absolute atomic E-state index is 13.7. The van der Waals surface area contributed by atoms with Crippen molar-refractivity contribution in [2.75, 3.05) is 37.6 Å². The third-order valence-electron chi connectivity index (χ3n) is 6.37. The fraction of sp³-hybridized carbons (Fsp3) is 0.346. The number of carbonyl (C=O) groups excluding carboxylic acids is 1. The van der Waals surface area contributed by atoms with Crippen LogP contribution in [0.4, 0.5) is 5.82 Å². The number of pyridine rings is 1. The van der Waals surface area contributed by atoms with Gasteiger partial charge in [-0.3, -0.25) is 9.59 Å². The smallest absolute Gasteiger partial charge is 0.303 e. The van der Waals surface area contributed by atoms with E-state index in [1.165, 1.54) is 0 Å². The number of carboxylic acids is 1. The van der Waals surface area contributed by atoms with Gasteiger partial charge >= 0.3 is 5.97 Å². The number of nitrogens with one attached hydrogen (secondary N) is 2. The number of carboxylic acid groups (broad SMARTS) is 1. The van der Waals surface area contributed by atoms with E-state index >= 15 is 0 Å². The Morgan fingerprint density at radius 1 is 1.23 bits per heavy atom. The van der Waals surface area contributed by atoms with Gasteiger partial charge in [-0.25, -0.2) is 4.98 Å². The van der Waals surface area contributed by atoms with Crippen LogP contribution in [-0.2, 0) is 4.79 Å². The summed E-state index contributed by atoms with van der Waals surface area (Å²) in [5.74, 6) is -0.497. The lowest BCUT2D eigenvalue weighted by atomic mass is 9.93. The molecule has 0 radical (unpaired) electrons. The molecule has 4 rings (SSSR count). The standard InChI is InChI=1S/C26H28BrClN4O3/c1-16-24(20-14-18(27)7-8-22(20)31-25(16)32-12-10-29-11-13-32)26(35)30-15-17(6-9-23(33)34)19-4-2-3-5-21(19)28/h2-5,7-8,14,17,29H,6,9-13,15H2,1H3,(H,30,35)(H,33,34). The van der Waals surface area contributed by atoms with Crippen molar-refractivity contribution < 1.29 is 14.7 Å². The van der Waals surface area contributed by atoms with Gasteiger partial charge in [-0.15, -0.1) is 0 Å². The van der Waals surface area contributed by atoms with Gasteiger partial charge in [-0.05, 0) is 43.2 Å². The number of hydrogen-bond acceptors (Lipinski definition) is 5. The molecule has 1 fully saturated rings. The molecule has 0 saturated carbocycles. The van der Waals surface area contributed by atoms with Crippen LogP contribution >= 0.6 is 27.5 Å². The van der Waals surface area contributed by atoms with E-state index in [2.05, 4.69) is 31.5 Å². The van der Waals surface area contributed by atoms with E-state index in [1.807, 2.05) is 43.3 Å². The van der Waals surface area contributed by atoms with Crippen LogP contribution in [0.15, 0.2) is 46.9 Å². The summed E-state index contributed by atoms with van der Waals surface area (Å²) in [5.41, 5.74) is 3.00. The Kier molecular flexibility index (Phi) is 8.26. The SMILES string of the molecule is Cc1c(N2CCNCC2)nc2ccc(Br)cc2c1C(=O)NCC(CCC(=O)O)c1ccccc1Cl. The minimum absolute atomic E-state index is 0.0108. The van der Waals surface area contributed by atoms with Gasteiger partial charge in [-0.2, -0.15) is 0 Å². The summed E-state index contributed by atoms with van der Waals surface area (Å²) in [5, 5.41) is 17.0. The van der Waals surface area contributed by atoms with E-state index in [0.29, 0.717) is 17.0 Å². The van der Waals surface area contributed by atoms with E-state index in [4.69, 9.17) is 16.6 Å². The molecule has 0 aliphatic carbocycles. The molecule has 1 atom stereocenters. The molecule has 1 aliphatic rings. The molecule has 3 aromatic rings. The maximum Gasteiger partial charge on any atom is 0.303 e. The molecule has 9 heteroatoms. The first-order chi connectivity index (χ1) is 16.8. The Bertz CT molecular complexity index is 1250. The van der Waals surface area contributed by atoms with E-state index in [0.717, 1.165) is 58.5 Å². The first-order valence-electron chi connectivity index (χ1n) is 11.6. The Morgan fingerprint density at radius 2 is 1.97 bits per heavy atom. The summed E-state index contributed by atoms with van der Waals surface area (Å²) < 4.78 is 0.866. The molecule has 1 aliphatic heterocycles. The number of hydrogen-bond donors (Lipinski definition) is 3. The number of piperazine rings is 1. The number of nitrogens with zero attached hydrogens (tertiary/aromatic N) is 2. The van der Waals surface area contributed by atoms with Gasteiger partial charge in [0.1, 0.15) is 5.82 Å². The molecule has 0 bridgehead atoms. The largest absolute Gasteiger partial charge is 0.481 e. The second-order valence-electron chi connectivity index (χ2n) is 8.69. The molecule has 0 spiro atoms. The summed E-state index contributed by atoms with van der Waals surface area (Å²) in [6.07, 6.45) is 0.357. The van der Waals surface area contributed by atoms with Gasteiger partial charge < -0.3 is 20.6 Å². The van der Waals surface area contributed by atoms with Gasteiger partial charge in [0.2, 0.25) is 0 Å². The third-order valence-corrected chi connectivity index (χ3v) is 7.21. The van der Waals surface area contributed by atoms with Crippen molar-refractivity contribution in [1.29, 1.82) is 0 Å². The van der Waals surface area contributed by atoms with Crippen LogP contribution in [0.1, 0.15) is 40.2 Å². The Morgan fingerprint density at radius 3 is 2.69 bits per heavy atom. The fourth-order valence-electron chi connectivity index (χ4n) is 4.57. The minimum atomic E-state index is -0.880. The highest BCUT2D eigenvalue weighted by Crippen LogP contribution is 2.32. The van der Waals surface area contributed by atoms with Gasteiger partial charge in [0.15, 0.2) is 0 Å². The maximum atomic E-state index is 13.7. The lowest BCUT2D eigenvalue weighted by molar-refractivity contribution is -0.137. The van der Waals surface area contributed by atoms with Crippen LogP contribution in [-0.4, -0.2) is 54.7 Å². The molecule has 1 unspecified atom stereocenters. The Labute approximate surface area is 218 Å². The number of carbonyl (C=O) groups is 2. The number of aliphatic carboxylic acids is 1. The first kappa shape index (κ1) is 25.4. The predicted molar refractivity (Wildman–Crippen MR) is 143 cm³/mol. The molecular weight excluding hydrogens is 532 g/mol. The van der Waals surface area contributed by atoms with Gasteiger partial charge in [0.25, 0.3) is 5.91 Å². The van der Waals surface area contributed by atoms with E-state index in [1.54, 1.807) is 6.07 Å². The number of aromatic nitrogens is 1. The third kappa shape index (κ3) is 5.94. The highest BCUT2D eigenvalue weighted by Gasteiger charge is 2.24. The van der Waals surface area contributed by atoms with Crippen molar-refractivity contribution in [2.24, 2.45) is 0 Å². The normalized spacial score (nSPS) is 14.7. The predicted octanol–water partition coefficient (Wildman–Crippen LogP) is 4.75. The topological polar surface area (TPSA) is 94.6 Å². The van der Waals surface area contributed by atoms with Crippen molar-refractivity contribution in [2.45, 2.75) is 25.7 Å². The van der Waals surface area contributed by atoms with Gasteiger partial charge in [0, 0.05) is 65.5 Å². The Balaban J connectivity index is 1.67. The van der Waals surface area contributed by atoms with Crippen LogP contribution in [0.5, 0.6) is 0 Å². The van der Waals surface area contributed by atoms with Crippen molar-refractivity contribution in [1.82, 2.24) is 15.6 Å². The summed E-state index contributed by atoms with van der Waals surface area (Å²) in [6, 6.07) is 13.1. The number of halogens is 2. The molecular formula is C26H28BrClN4O3. The lowest BCUT2D eigenvalue weighted by Crippen LogP contribution is -2.44. The molecule has 2 heterocycles. The highest BCUT2D eigenvalue weighted by molar-refractivity contribution is 9.10. The number of anilines is 1. The number of fused-ring (bicyclic) bond motifs is 1. The van der Waals surface area contributed by atoms with Gasteiger partial charge in [0.05, 0.1) is 11.1 Å². The minimum Gasteiger partial charge on any atom is -0.481 e.